The third-order valence-electron chi connectivity index (χ3n) is 5.07. The number of ether oxygens (including phenoxy) is 1. The first-order chi connectivity index (χ1) is 15.1. The van der Waals surface area contributed by atoms with Crippen LogP contribution in [0.15, 0.2) is 46.1 Å². The molecule has 2 aromatic heterocycles. The highest BCUT2D eigenvalue weighted by Crippen LogP contribution is 2.20. The molecule has 0 unspecified atom stereocenters. The van der Waals surface area contributed by atoms with Gasteiger partial charge in [-0.3, -0.25) is 19.1 Å². The summed E-state index contributed by atoms with van der Waals surface area (Å²) >= 11 is 0. The lowest BCUT2D eigenvalue weighted by atomic mass is 9.95. The molecule has 32 heavy (non-hydrogen) atoms. The Kier molecular flexibility index (Phi) is 6.53. The Morgan fingerprint density at radius 3 is 2.34 bits per heavy atom. The van der Waals surface area contributed by atoms with Crippen LogP contribution in [-0.4, -0.2) is 33.4 Å². The minimum absolute atomic E-state index is 0.0340. The Hall–Kier alpha value is -3.81. The van der Waals surface area contributed by atoms with Crippen molar-refractivity contribution in [2.75, 3.05) is 7.11 Å². The van der Waals surface area contributed by atoms with Gasteiger partial charge in [-0.25, -0.2) is 14.6 Å². The van der Waals surface area contributed by atoms with E-state index in [1.165, 1.54) is 23.9 Å². The lowest BCUT2D eigenvalue weighted by molar-refractivity contribution is 0.0593. The number of ketones is 1. The average Bonchev–Trinajstić information content (AvgIpc) is 2.73. The van der Waals surface area contributed by atoms with Crippen LogP contribution in [0.2, 0.25) is 0 Å². The predicted molar refractivity (Wildman–Crippen MR) is 119 cm³/mol. The number of esters is 1. The molecule has 0 aliphatic carbocycles. The minimum atomic E-state index is -0.705. The molecule has 0 aliphatic heterocycles. The maximum Gasteiger partial charge on any atom is 0.356 e. The van der Waals surface area contributed by atoms with E-state index in [-0.39, 0.29) is 29.4 Å². The van der Waals surface area contributed by atoms with Crippen LogP contribution < -0.4 is 11.2 Å². The molecule has 3 aromatic rings. The molecular weight excluding hydrogens is 410 g/mol. The highest BCUT2D eigenvalue weighted by Gasteiger charge is 2.25. The fourth-order valence-corrected chi connectivity index (χ4v) is 3.73. The van der Waals surface area contributed by atoms with Crippen LogP contribution >= 0.6 is 0 Å². The fourth-order valence-electron chi connectivity index (χ4n) is 3.73. The van der Waals surface area contributed by atoms with E-state index in [2.05, 4.69) is 9.97 Å². The zero-order valence-corrected chi connectivity index (χ0v) is 18.7. The quantitative estimate of drug-likeness (QED) is 0.471. The van der Waals surface area contributed by atoms with Crippen LogP contribution in [0.3, 0.4) is 0 Å². The second-order valence-corrected chi connectivity index (χ2v) is 8.01. The molecular formula is C24H25N3O5. The number of carbonyl (C=O) groups is 2. The van der Waals surface area contributed by atoms with Crippen LogP contribution in [0.1, 0.15) is 68.6 Å². The number of H-pyrrole nitrogens is 1. The van der Waals surface area contributed by atoms with Crippen molar-refractivity contribution in [1.29, 1.82) is 0 Å². The van der Waals surface area contributed by atoms with Crippen LogP contribution in [0.4, 0.5) is 0 Å². The molecule has 0 spiro atoms. The maximum atomic E-state index is 13.6. The summed E-state index contributed by atoms with van der Waals surface area (Å²) in [7, 11) is 1.25. The van der Waals surface area contributed by atoms with E-state index in [1.54, 1.807) is 32.0 Å². The van der Waals surface area contributed by atoms with Gasteiger partial charge in [0.15, 0.2) is 0 Å². The molecule has 0 radical (unpaired) electrons. The van der Waals surface area contributed by atoms with Crippen molar-refractivity contribution in [1.82, 2.24) is 14.5 Å². The Labute approximate surface area is 184 Å². The van der Waals surface area contributed by atoms with Crippen molar-refractivity contribution in [2.45, 2.75) is 40.2 Å². The van der Waals surface area contributed by atoms with Crippen LogP contribution in [0.5, 0.6) is 0 Å². The van der Waals surface area contributed by atoms with Gasteiger partial charge in [0.25, 0.3) is 5.56 Å². The van der Waals surface area contributed by atoms with Crippen LogP contribution in [0, 0.1) is 13.8 Å². The molecule has 0 saturated carbocycles. The number of rotatable bonds is 6. The number of nitrogens with one attached hydrogen (secondary N) is 1. The molecule has 1 aromatic carbocycles. The number of hydrogen-bond donors (Lipinski definition) is 1. The maximum absolute atomic E-state index is 13.6. The first kappa shape index (κ1) is 22.9. The number of benzene rings is 1. The fraction of sp³-hybridized carbons (Fsp3) is 0.292. The summed E-state index contributed by atoms with van der Waals surface area (Å²) in [6.07, 6.45) is 1.42. The average molecular weight is 435 g/mol. The van der Waals surface area contributed by atoms with E-state index in [1.807, 2.05) is 19.9 Å². The van der Waals surface area contributed by atoms with Gasteiger partial charge in [0.05, 0.1) is 13.7 Å². The molecule has 0 amide bonds. The van der Waals surface area contributed by atoms with Gasteiger partial charge >= 0.3 is 11.7 Å². The van der Waals surface area contributed by atoms with Crippen molar-refractivity contribution in [2.24, 2.45) is 0 Å². The zero-order valence-electron chi connectivity index (χ0n) is 18.7. The summed E-state index contributed by atoms with van der Waals surface area (Å²) in [4.78, 5) is 57.2. The van der Waals surface area contributed by atoms with Crippen molar-refractivity contribution in [3.63, 3.8) is 0 Å². The van der Waals surface area contributed by atoms with E-state index in [0.29, 0.717) is 11.1 Å². The summed E-state index contributed by atoms with van der Waals surface area (Å²) in [6.45, 7) is 7.30. The SMILES string of the molecule is COC(=O)c1cc(Cn2c(C(=O)c3cc(C)cc(C)c3)c(C(C)C)c(=O)[nH]c2=O)ccn1. The summed E-state index contributed by atoms with van der Waals surface area (Å²) < 4.78 is 5.95. The third-order valence-corrected chi connectivity index (χ3v) is 5.07. The largest absolute Gasteiger partial charge is 0.464 e. The van der Waals surface area contributed by atoms with Gasteiger partial charge in [-0.15, -0.1) is 0 Å². The predicted octanol–water partition coefficient (Wildman–Crippen LogP) is 2.74. The van der Waals surface area contributed by atoms with Gasteiger partial charge in [-0.2, -0.15) is 0 Å². The number of carbonyl (C=O) groups excluding carboxylic acids is 2. The normalized spacial score (nSPS) is 10.9. The van der Waals surface area contributed by atoms with Gasteiger partial charge in [0.2, 0.25) is 5.78 Å². The minimum Gasteiger partial charge on any atom is -0.464 e. The van der Waals surface area contributed by atoms with Gasteiger partial charge in [-0.1, -0.05) is 31.0 Å². The highest BCUT2D eigenvalue weighted by molar-refractivity contribution is 6.09. The topological polar surface area (TPSA) is 111 Å². The number of aromatic nitrogens is 3. The summed E-state index contributed by atoms with van der Waals surface area (Å²) in [5, 5.41) is 0. The summed E-state index contributed by atoms with van der Waals surface area (Å²) in [6, 6.07) is 8.53. The van der Waals surface area contributed by atoms with Crippen molar-refractivity contribution < 1.29 is 14.3 Å². The molecule has 0 fully saturated rings. The van der Waals surface area contributed by atoms with Gasteiger partial charge < -0.3 is 4.74 Å². The number of aromatic amines is 1. The van der Waals surface area contributed by atoms with Crippen molar-refractivity contribution >= 4 is 11.8 Å². The lowest BCUT2D eigenvalue weighted by Crippen LogP contribution is -2.38. The molecule has 8 heteroatoms. The summed E-state index contributed by atoms with van der Waals surface area (Å²) in [5.74, 6) is -1.33. The van der Waals surface area contributed by atoms with E-state index >= 15 is 0 Å². The monoisotopic (exact) mass is 435 g/mol. The molecule has 0 saturated heterocycles. The molecule has 1 N–H and O–H groups in total. The molecule has 0 atom stereocenters. The van der Waals surface area contributed by atoms with Gasteiger partial charge in [0, 0.05) is 17.3 Å². The van der Waals surface area contributed by atoms with Crippen LogP contribution in [0.25, 0.3) is 0 Å². The van der Waals surface area contributed by atoms with E-state index in [4.69, 9.17) is 4.74 Å². The number of nitrogens with zero attached hydrogens (tertiary/aromatic N) is 2. The smallest absolute Gasteiger partial charge is 0.356 e. The Morgan fingerprint density at radius 2 is 1.75 bits per heavy atom. The highest BCUT2D eigenvalue weighted by atomic mass is 16.5. The number of methoxy groups -OCH3 is 1. The molecule has 0 bridgehead atoms. The number of aryl methyl sites for hydroxylation is 2. The first-order valence-electron chi connectivity index (χ1n) is 10.2. The Balaban J connectivity index is 2.24. The van der Waals surface area contributed by atoms with Crippen LogP contribution in [-0.2, 0) is 11.3 Å². The van der Waals surface area contributed by atoms with Crippen molar-refractivity contribution in [3.05, 3.63) is 96.6 Å². The molecule has 3 rings (SSSR count). The third kappa shape index (κ3) is 4.59. The lowest BCUT2D eigenvalue weighted by Gasteiger charge is -2.18. The van der Waals surface area contributed by atoms with E-state index in [9.17, 15) is 19.2 Å². The molecule has 0 aliphatic rings. The molecule has 166 valence electrons. The second-order valence-electron chi connectivity index (χ2n) is 8.01. The van der Waals surface area contributed by atoms with E-state index in [0.717, 1.165) is 11.1 Å². The zero-order chi connectivity index (χ0) is 23.6. The number of hydrogen-bond acceptors (Lipinski definition) is 6. The molecule has 2 heterocycles. The Bertz CT molecular complexity index is 1300. The van der Waals surface area contributed by atoms with Crippen molar-refractivity contribution in [3.8, 4) is 0 Å². The molecule has 8 nitrogen and oxygen atoms in total. The number of pyridine rings is 1. The standard InChI is InChI=1S/C24H25N3O5/c1-13(2)19-20(21(28)17-9-14(3)8-15(4)10-17)27(24(31)26-22(19)29)12-16-6-7-25-18(11-16)23(30)32-5/h6-11,13H,12H2,1-5H3,(H,26,29,31). The summed E-state index contributed by atoms with van der Waals surface area (Å²) in [5.41, 5.74) is 1.80. The Morgan fingerprint density at radius 1 is 1.09 bits per heavy atom. The van der Waals surface area contributed by atoms with E-state index < -0.39 is 23.0 Å². The first-order valence-corrected chi connectivity index (χ1v) is 10.2. The van der Waals surface area contributed by atoms with Gasteiger partial charge in [-0.05, 0) is 49.6 Å². The second kappa shape index (κ2) is 9.13. The van der Waals surface area contributed by atoms with Gasteiger partial charge in [0.1, 0.15) is 11.4 Å².